The summed E-state index contributed by atoms with van der Waals surface area (Å²) in [5.41, 5.74) is 3.62. The molecule has 0 radical (unpaired) electrons. The number of halogens is 1. The van der Waals surface area contributed by atoms with E-state index >= 15 is 0 Å². The van der Waals surface area contributed by atoms with E-state index in [1.807, 2.05) is 0 Å². The number of nitrogens with zero attached hydrogens (tertiary/aromatic N) is 1. The van der Waals surface area contributed by atoms with Gasteiger partial charge in [0.25, 0.3) is 0 Å². The third-order valence-corrected chi connectivity index (χ3v) is 4.10. The van der Waals surface area contributed by atoms with Gasteiger partial charge in [-0.05, 0) is 56.0 Å². The van der Waals surface area contributed by atoms with Crippen LogP contribution in [0.2, 0.25) is 0 Å². The highest BCUT2D eigenvalue weighted by Gasteiger charge is 2.07. The molecule has 124 valence electrons. The van der Waals surface area contributed by atoms with Crippen LogP contribution in [0.4, 0.5) is 4.39 Å². The Labute approximate surface area is 138 Å². The van der Waals surface area contributed by atoms with Crippen molar-refractivity contribution in [1.82, 2.24) is 4.90 Å². The molecule has 2 aromatic carbocycles. The molecule has 2 nitrogen and oxygen atoms in total. The molecule has 0 fully saturated rings. The van der Waals surface area contributed by atoms with Crippen molar-refractivity contribution in [2.75, 3.05) is 19.6 Å². The van der Waals surface area contributed by atoms with Gasteiger partial charge in [-0.2, -0.15) is 0 Å². The zero-order valence-electron chi connectivity index (χ0n) is 14.1. The molecule has 0 spiro atoms. The van der Waals surface area contributed by atoms with E-state index in [1.54, 1.807) is 6.07 Å². The van der Waals surface area contributed by atoms with Crippen LogP contribution < -0.4 is 0 Å². The number of hydrogen-bond acceptors (Lipinski definition) is 2. The summed E-state index contributed by atoms with van der Waals surface area (Å²) < 4.78 is 13.1. The fourth-order valence-electron chi connectivity index (χ4n) is 2.69. The quantitative estimate of drug-likeness (QED) is 0.783. The van der Waals surface area contributed by atoms with Crippen LogP contribution in [-0.4, -0.2) is 29.6 Å². The molecule has 0 aliphatic heterocycles. The van der Waals surface area contributed by atoms with Crippen LogP contribution in [0.15, 0.2) is 42.5 Å². The minimum atomic E-state index is -0.557. The lowest BCUT2D eigenvalue weighted by Gasteiger charge is -2.22. The zero-order valence-corrected chi connectivity index (χ0v) is 14.1. The van der Waals surface area contributed by atoms with Gasteiger partial charge in [0.1, 0.15) is 0 Å². The predicted octanol–water partition coefficient (Wildman–Crippen LogP) is 4.34. The van der Waals surface area contributed by atoms with Gasteiger partial charge >= 0.3 is 0 Å². The van der Waals surface area contributed by atoms with Crippen LogP contribution in [-0.2, 0) is 12.8 Å². The van der Waals surface area contributed by atoms with Gasteiger partial charge < -0.3 is 10.0 Å². The zero-order chi connectivity index (χ0) is 16.7. The van der Waals surface area contributed by atoms with Crippen molar-refractivity contribution >= 4 is 0 Å². The Kier molecular flexibility index (Phi) is 6.60. The first-order valence-electron chi connectivity index (χ1n) is 8.33. The summed E-state index contributed by atoms with van der Waals surface area (Å²) in [7, 11) is 0. The number of phenolic OH excluding ortho intramolecular Hbond substituents is 1. The smallest absolute Gasteiger partial charge is 0.164 e. The third-order valence-electron chi connectivity index (χ3n) is 4.10. The minimum absolute atomic E-state index is 0.260. The van der Waals surface area contributed by atoms with E-state index in [1.165, 1.54) is 23.3 Å². The third kappa shape index (κ3) is 5.68. The molecule has 2 rings (SSSR count). The maximum absolute atomic E-state index is 13.1. The van der Waals surface area contributed by atoms with Crippen molar-refractivity contribution in [2.24, 2.45) is 0 Å². The second-order valence-electron chi connectivity index (χ2n) is 6.11. The Morgan fingerprint density at radius 1 is 0.913 bits per heavy atom. The first kappa shape index (κ1) is 17.5. The number of aryl methyl sites for hydroxylation is 1. The lowest BCUT2D eigenvalue weighted by molar-refractivity contribution is 0.281. The molecule has 23 heavy (non-hydrogen) atoms. The second-order valence-corrected chi connectivity index (χ2v) is 6.11. The van der Waals surface area contributed by atoms with Crippen LogP contribution in [0.3, 0.4) is 0 Å². The fraction of sp³-hybridized carbons (Fsp3) is 0.400. The molecule has 0 atom stereocenters. The molecule has 0 saturated carbocycles. The Morgan fingerprint density at radius 3 is 2.13 bits per heavy atom. The molecule has 3 heteroatoms. The molecular weight excluding hydrogens is 289 g/mol. The van der Waals surface area contributed by atoms with Gasteiger partial charge in [0.2, 0.25) is 0 Å². The normalized spacial score (nSPS) is 11.1. The second kappa shape index (κ2) is 8.68. The minimum Gasteiger partial charge on any atom is -0.505 e. The SMILES string of the molecule is CCCN(CCc1ccc(C)cc1)CCc1ccc(F)c(O)c1. The summed E-state index contributed by atoms with van der Waals surface area (Å²) in [5.74, 6) is -0.817. The van der Waals surface area contributed by atoms with Gasteiger partial charge in [0.05, 0.1) is 0 Å². The molecule has 2 aromatic rings. The monoisotopic (exact) mass is 315 g/mol. The molecule has 0 amide bonds. The number of rotatable bonds is 8. The van der Waals surface area contributed by atoms with Crippen molar-refractivity contribution < 1.29 is 9.50 Å². The van der Waals surface area contributed by atoms with Crippen molar-refractivity contribution in [3.63, 3.8) is 0 Å². The van der Waals surface area contributed by atoms with Gasteiger partial charge in [-0.3, -0.25) is 0 Å². The molecule has 1 N–H and O–H groups in total. The Hall–Kier alpha value is -1.87. The van der Waals surface area contributed by atoms with Crippen molar-refractivity contribution in [3.8, 4) is 5.75 Å². The number of aromatic hydroxyl groups is 1. The van der Waals surface area contributed by atoms with Crippen LogP contribution in [0.1, 0.15) is 30.0 Å². The lowest BCUT2D eigenvalue weighted by Crippen LogP contribution is -2.29. The molecule has 0 aliphatic rings. The van der Waals surface area contributed by atoms with Crippen molar-refractivity contribution in [1.29, 1.82) is 0 Å². The lowest BCUT2D eigenvalue weighted by atomic mass is 10.1. The van der Waals surface area contributed by atoms with Crippen molar-refractivity contribution in [3.05, 3.63) is 65.0 Å². The molecular formula is C20H26FNO. The number of benzene rings is 2. The van der Waals surface area contributed by atoms with Gasteiger partial charge in [-0.25, -0.2) is 4.39 Å². The summed E-state index contributed by atoms with van der Waals surface area (Å²) in [5, 5.41) is 9.45. The van der Waals surface area contributed by atoms with Crippen LogP contribution in [0, 0.1) is 12.7 Å². The molecule has 0 unspecified atom stereocenters. The Balaban J connectivity index is 1.87. The average molecular weight is 315 g/mol. The van der Waals surface area contributed by atoms with E-state index < -0.39 is 5.82 Å². The van der Waals surface area contributed by atoms with Crippen LogP contribution in [0.5, 0.6) is 5.75 Å². The van der Waals surface area contributed by atoms with Crippen LogP contribution in [0.25, 0.3) is 0 Å². The van der Waals surface area contributed by atoms with Gasteiger partial charge in [-0.1, -0.05) is 42.8 Å². The average Bonchev–Trinajstić information content (AvgIpc) is 2.55. The highest BCUT2D eigenvalue weighted by atomic mass is 19.1. The first-order chi connectivity index (χ1) is 11.1. The van der Waals surface area contributed by atoms with Gasteiger partial charge in [0, 0.05) is 13.1 Å². The Morgan fingerprint density at radius 2 is 1.52 bits per heavy atom. The first-order valence-corrected chi connectivity index (χ1v) is 8.33. The molecule has 0 aromatic heterocycles. The van der Waals surface area contributed by atoms with E-state index in [0.29, 0.717) is 0 Å². The molecule has 0 heterocycles. The largest absolute Gasteiger partial charge is 0.505 e. The highest BCUT2D eigenvalue weighted by Crippen LogP contribution is 2.17. The fourth-order valence-corrected chi connectivity index (χ4v) is 2.69. The molecule has 0 bridgehead atoms. The van der Waals surface area contributed by atoms with E-state index in [0.717, 1.165) is 44.5 Å². The van der Waals surface area contributed by atoms with Crippen molar-refractivity contribution in [2.45, 2.75) is 33.1 Å². The molecule has 0 aliphatic carbocycles. The summed E-state index contributed by atoms with van der Waals surface area (Å²) >= 11 is 0. The van der Waals surface area contributed by atoms with E-state index in [9.17, 15) is 9.50 Å². The van der Waals surface area contributed by atoms with E-state index in [2.05, 4.69) is 43.0 Å². The van der Waals surface area contributed by atoms with Crippen LogP contribution >= 0.6 is 0 Å². The number of hydrogen-bond donors (Lipinski definition) is 1. The summed E-state index contributed by atoms with van der Waals surface area (Å²) in [4.78, 5) is 2.43. The maximum Gasteiger partial charge on any atom is 0.164 e. The van der Waals surface area contributed by atoms with Gasteiger partial charge in [-0.15, -0.1) is 0 Å². The summed E-state index contributed by atoms with van der Waals surface area (Å²) in [6.07, 6.45) is 2.97. The number of phenols is 1. The topological polar surface area (TPSA) is 23.5 Å². The van der Waals surface area contributed by atoms with E-state index in [-0.39, 0.29) is 5.75 Å². The summed E-state index contributed by atoms with van der Waals surface area (Å²) in [6, 6.07) is 13.3. The standard InChI is InChI=1S/C20H26FNO/c1-3-12-22(13-10-17-6-4-16(2)5-7-17)14-11-18-8-9-19(21)20(23)15-18/h4-9,15,23H,3,10-14H2,1-2H3. The summed E-state index contributed by atoms with van der Waals surface area (Å²) in [6.45, 7) is 7.28. The highest BCUT2D eigenvalue weighted by molar-refractivity contribution is 5.29. The Bertz CT molecular complexity index is 610. The maximum atomic E-state index is 13.1. The van der Waals surface area contributed by atoms with E-state index in [4.69, 9.17) is 0 Å². The van der Waals surface area contributed by atoms with Gasteiger partial charge in [0.15, 0.2) is 11.6 Å². The molecule has 0 saturated heterocycles. The predicted molar refractivity (Wildman–Crippen MR) is 93.4 cm³/mol.